The summed E-state index contributed by atoms with van der Waals surface area (Å²) in [5.41, 5.74) is 1.31. The van der Waals surface area contributed by atoms with E-state index in [1.54, 1.807) is 36.4 Å². The first-order chi connectivity index (χ1) is 15.5. The van der Waals surface area contributed by atoms with Crippen LogP contribution >= 0.6 is 23.4 Å². The monoisotopic (exact) mass is 467 g/mol. The number of nitrogens with one attached hydrogen (secondary N) is 1. The SMILES string of the molecule is O=C1NC(SCc2ccc(Cl)cc2)=NN2C1=c1ccccc1=N[C@@H]2c1ccc([N+](=O)[O-])o1. The Morgan fingerprint density at radius 3 is 2.69 bits per heavy atom. The fourth-order valence-electron chi connectivity index (χ4n) is 3.39. The van der Waals surface area contributed by atoms with Crippen LogP contribution in [0.15, 0.2) is 75.2 Å². The molecule has 2 aliphatic rings. The molecule has 2 aromatic carbocycles. The molecule has 2 aliphatic heterocycles. The molecule has 0 bridgehead atoms. The number of hydrazone groups is 1. The molecule has 5 rings (SSSR count). The van der Waals surface area contributed by atoms with Gasteiger partial charge in [0.1, 0.15) is 10.6 Å². The van der Waals surface area contributed by atoms with Crippen LogP contribution in [0.25, 0.3) is 5.70 Å². The van der Waals surface area contributed by atoms with Gasteiger partial charge in [0.25, 0.3) is 5.91 Å². The minimum Gasteiger partial charge on any atom is -0.401 e. The zero-order valence-electron chi connectivity index (χ0n) is 16.3. The summed E-state index contributed by atoms with van der Waals surface area (Å²) in [6, 6.07) is 17.3. The smallest absolute Gasteiger partial charge is 0.401 e. The van der Waals surface area contributed by atoms with Gasteiger partial charge in [-0.05, 0) is 29.8 Å². The third-order valence-electron chi connectivity index (χ3n) is 4.85. The summed E-state index contributed by atoms with van der Waals surface area (Å²) in [6.07, 6.45) is -0.856. The molecule has 160 valence electrons. The highest BCUT2D eigenvalue weighted by atomic mass is 35.5. The average Bonchev–Trinajstić information content (AvgIpc) is 3.28. The van der Waals surface area contributed by atoms with Crippen LogP contribution in [0.2, 0.25) is 5.02 Å². The number of thioether (sulfide) groups is 1. The molecule has 1 N–H and O–H groups in total. The molecule has 32 heavy (non-hydrogen) atoms. The first-order valence-corrected chi connectivity index (χ1v) is 10.8. The highest BCUT2D eigenvalue weighted by molar-refractivity contribution is 8.13. The van der Waals surface area contributed by atoms with Gasteiger partial charge in [-0.1, -0.05) is 53.7 Å². The Balaban J connectivity index is 1.54. The molecule has 3 aromatic rings. The van der Waals surface area contributed by atoms with Gasteiger partial charge in [0.05, 0.1) is 11.4 Å². The highest BCUT2D eigenvalue weighted by Crippen LogP contribution is 2.33. The maximum atomic E-state index is 13.1. The summed E-state index contributed by atoms with van der Waals surface area (Å²) in [6.45, 7) is 0. The molecule has 0 unspecified atom stereocenters. The number of fused-ring (bicyclic) bond motifs is 2. The van der Waals surface area contributed by atoms with Crippen molar-refractivity contribution in [1.82, 2.24) is 10.3 Å². The molecule has 1 amide bonds. The van der Waals surface area contributed by atoms with Crippen molar-refractivity contribution in [1.29, 1.82) is 0 Å². The summed E-state index contributed by atoms with van der Waals surface area (Å²) in [5.74, 6) is 0.0268. The maximum Gasteiger partial charge on any atom is 0.433 e. The molecular weight excluding hydrogens is 454 g/mol. The lowest BCUT2D eigenvalue weighted by Crippen LogP contribution is -2.50. The number of amidine groups is 1. The van der Waals surface area contributed by atoms with Crippen LogP contribution < -0.4 is 15.9 Å². The summed E-state index contributed by atoms with van der Waals surface area (Å²) >= 11 is 7.28. The molecule has 1 aromatic heterocycles. The lowest BCUT2D eigenvalue weighted by molar-refractivity contribution is -0.402. The van der Waals surface area contributed by atoms with E-state index < -0.39 is 17.0 Å². The van der Waals surface area contributed by atoms with Crippen LogP contribution in [-0.2, 0) is 10.5 Å². The molecule has 0 aliphatic carbocycles. The van der Waals surface area contributed by atoms with Gasteiger partial charge in [0.2, 0.25) is 6.17 Å². The number of furan rings is 1. The second-order valence-corrected chi connectivity index (χ2v) is 8.32. The molecular formula is C21H14ClN5O4S. The van der Waals surface area contributed by atoms with Crippen molar-refractivity contribution in [3.63, 3.8) is 0 Å². The van der Waals surface area contributed by atoms with Crippen LogP contribution in [0.1, 0.15) is 17.5 Å². The largest absolute Gasteiger partial charge is 0.433 e. The van der Waals surface area contributed by atoms with Crippen molar-refractivity contribution in [2.24, 2.45) is 10.1 Å². The van der Waals surface area contributed by atoms with E-state index in [1.807, 2.05) is 12.1 Å². The van der Waals surface area contributed by atoms with Crippen LogP contribution in [0, 0.1) is 10.1 Å². The summed E-state index contributed by atoms with van der Waals surface area (Å²) < 4.78 is 5.39. The van der Waals surface area contributed by atoms with Gasteiger partial charge in [0, 0.05) is 16.0 Å². The number of para-hydroxylation sites is 1. The Kier molecular flexibility index (Phi) is 5.16. The average molecular weight is 468 g/mol. The minimum absolute atomic E-state index is 0.212. The van der Waals surface area contributed by atoms with Gasteiger partial charge in [-0.3, -0.25) is 20.2 Å². The topological polar surface area (TPSA) is 113 Å². The number of hydrogen-bond acceptors (Lipinski definition) is 8. The predicted molar refractivity (Wildman–Crippen MR) is 119 cm³/mol. The van der Waals surface area contributed by atoms with E-state index in [4.69, 9.17) is 16.0 Å². The van der Waals surface area contributed by atoms with Crippen LogP contribution in [-0.4, -0.2) is 21.0 Å². The normalized spacial score (nSPS) is 17.1. The number of nitrogens with zero attached hydrogens (tertiary/aromatic N) is 4. The summed E-state index contributed by atoms with van der Waals surface area (Å²) in [7, 11) is 0. The number of hydrogen-bond donors (Lipinski definition) is 1. The van der Waals surface area contributed by atoms with Crippen molar-refractivity contribution in [3.8, 4) is 0 Å². The second kappa shape index (κ2) is 8.13. The highest BCUT2D eigenvalue weighted by Gasteiger charge is 2.36. The molecule has 0 radical (unpaired) electrons. The third kappa shape index (κ3) is 3.74. The first-order valence-electron chi connectivity index (χ1n) is 9.47. The van der Waals surface area contributed by atoms with Gasteiger partial charge in [-0.15, -0.1) is 5.10 Å². The molecule has 3 heterocycles. The van der Waals surface area contributed by atoms with Crippen molar-refractivity contribution in [3.05, 3.63) is 97.7 Å². The zero-order valence-corrected chi connectivity index (χ0v) is 17.8. The van der Waals surface area contributed by atoms with Gasteiger partial charge in [0.15, 0.2) is 10.9 Å². The lowest BCUT2D eigenvalue weighted by Gasteiger charge is -2.32. The second-order valence-electron chi connectivity index (χ2n) is 6.92. The van der Waals surface area contributed by atoms with Crippen LogP contribution in [0.5, 0.6) is 0 Å². The number of carbonyl (C=O) groups is 1. The number of carbonyl (C=O) groups excluding carboxylic acids is 1. The quantitative estimate of drug-likeness (QED) is 0.466. The van der Waals surface area contributed by atoms with E-state index in [2.05, 4.69) is 15.4 Å². The van der Waals surface area contributed by atoms with Crippen molar-refractivity contribution in [2.45, 2.75) is 11.9 Å². The Hall–Kier alpha value is -3.63. The molecule has 1 atom stereocenters. The summed E-state index contributed by atoms with van der Waals surface area (Å²) in [5, 5.41) is 22.2. The van der Waals surface area contributed by atoms with Crippen LogP contribution in [0.4, 0.5) is 5.88 Å². The van der Waals surface area contributed by atoms with Gasteiger partial charge in [-0.25, -0.2) is 10.0 Å². The van der Waals surface area contributed by atoms with E-state index in [0.29, 0.717) is 32.2 Å². The fourth-order valence-corrected chi connectivity index (χ4v) is 4.32. The Morgan fingerprint density at radius 2 is 1.94 bits per heavy atom. The molecule has 9 nitrogen and oxygen atoms in total. The van der Waals surface area contributed by atoms with Gasteiger partial charge in [-0.2, -0.15) is 0 Å². The standard InChI is InChI=1S/C21H14ClN5O4S/c22-13-7-5-12(6-8-13)11-32-21-24-20(28)18-14-3-1-2-4-15(14)23-19(26(18)25-21)16-9-10-17(31-16)27(29)30/h1-10,19H,11H2,(H,24,25,28)/t19-/m0/s1. The predicted octanol–water partition coefficient (Wildman–Crippen LogP) is 2.92. The molecule has 0 saturated carbocycles. The summed E-state index contributed by atoms with van der Waals surface area (Å²) in [4.78, 5) is 28.2. The van der Waals surface area contributed by atoms with Crippen molar-refractivity contribution < 1.29 is 14.1 Å². The van der Waals surface area contributed by atoms with E-state index in [-0.39, 0.29) is 11.7 Å². The first kappa shape index (κ1) is 20.3. The van der Waals surface area contributed by atoms with E-state index in [1.165, 1.54) is 28.9 Å². The Labute approximate surface area is 190 Å². The lowest BCUT2D eigenvalue weighted by atomic mass is 10.1. The Bertz CT molecular complexity index is 1390. The van der Waals surface area contributed by atoms with Crippen LogP contribution in [0.3, 0.4) is 0 Å². The van der Waals surface area contributed by atoms with Gasteiger partial charge >= 0.3 is 5.88 Å². The van der Waals surface area contributed by atoms with E-state index >= 15 is 0 Å². The van der Waals surface area contributed by atoms with Crippen molar-refractivity contribution in [2.75, 3.05) is 0 Å². The Morgan fingerprint density at radius 1 is 1.16 bits per heavy atom. The maximum absolute atomic E-state index is 13.1. The van der Waals surface area contributed by atoms with Crippen molar-refractivity contribution >= 4 is 46.0 Å². The molecule has 0 fully saturated rings. The number of benzene rings is 2. The fraction of sp³-hybridized carbons (Fsp3) is 0.0952. The molecule has 11 heteroatoms. The zero-order chi connectivity index (χ0) is 22.2. The van der Waals surface area contributed by atoms with E-state index in [0.717, 1.165) is 5.56 Å². The minimum atomic E-state index is -0.856. The van der Waals surface area contributed by atoms with E-state index in [9.17, 15) is 14.9 Å². The number of amides is 1. The molecule has 0 saturated heterocycles. The number of halogens is 1. The number of rotatable bonds is 4. The third-order valence-corrected chi connectivity index (χ3v) is 6.04. The van der Waals surface area contributed by atoms with Gasteiger partial charge < -0.3 is 4.42 Å². The number of nitro groups is 1. The molecule has 0 spiro atoms.